The predicted molar refractivity (Wildman–Crippen MR) is 104 cm³/mol. The number of benzene rings is 2. The first kappa shape index (κ1) is 15.8. The first-order valence-corrected chi connectivity index (χ1v) is 9.94. The average Bonchev–Trinajstić information content (AvgIpc) is 3.33. The summed E-state index contributed by atoms with van der Waals surface area (Å²) in [6.45, 7) is 1.62. The Morgan fingerprint density at radius 1 is 0.923 bits per heavy atom. The highest BCUT2D eigenvalue weighted by atomic mass is 32.2. The summed E-state index contributed by atoms with van der Waals surface area (Å²) in [5.41, 5.74) is 3.69. The van der Waals surface area contributed by atoms with Gasteiger partial charge in [-0.05, 0) is 35.7 Å². The van der Waals surface area contributed by atoms with Gasteiger partial charge < -0.3 is 9.47 Å². The molecule has 1 amide bonds. The number of aromatic nitrogens is 1. The van der Waals surface area contributed by atoms with Gasteiger partial charge in [-0.1, -0.05) is 48.5 Å². The lowest BCUT2D eigenvalue weighted by Crippen LogP contribution is -2.46. The van der Waals surface area contributed by atoms with Crippen LogP contribution in [0.5, 0.6) is 0 Å². The van der Waals surface area contributed by atoms with Gasteiger partial charge in [0.05, 0.1) is 11.3 Å². The molecule has 2 aromatic carbocycles. The molecule has 0 radical (unpaired) electrons. The van der Waals surface area contributed by atoms with Crippen LogP contribution in [0.1, 0.15) is 22.9 Å². The van der Waals surface area contributed by atoms with E-state index < -0.39 is 0 Å². The summed E-state index contributed by atoms with van der Waals surface area (Å²) in [4.78, 5) is 16.8. The fraction of sp³-hybridized carbons (Fsp3) is 0.227. The third-order valence-electron chi connectivity index (χ3n) is 5.36. The molecule has 26 heavy (non-hydrogen) atoms. The van der Waals surface area contributed by atoms with Crippen molar-refractivity contribution in [1.82, 2.24) is 9.47 Å². The van der Waals surface area contributed by atoms with Gasteiger partial charge in [0, 0.05) is 29.9 Å². The van der Waals surface area contributed by atoms with E-state index >= 15 is 0 Å². The largest absolute Gasteiger partial charge is 0.348 e. The molecule has 130 valence electrons. The van der Waals surface area contributed by atoms with Crippen molar-refractivity contribution in [2.24, 2.45) is 0 Å². The molecule has 5 rings (SSSR count). The first-order chi connectivity index (χ1) is 12.8. The fourth-order valence-electron chi connectivity index (χ4n) is 4.11. The van der Waals surface area contributed by atoms with Crippen LogP contribution in [-0.2, 0) is 17.8 Å². The highest BCUT2D eigenvalue weighted by Crippen LogP contribution is 2.40. The van der Waals surface area contributed by atoms with E-state index in [4.69, 9.17) is 0 Å². The van der Waals surface area contributed by atoms with Gasteiger partial charge in [-0.25, -0.2) is 0 Å². The number of carbonyl (C=O) groups is 1. The van der Waals surface area contributed by atoms with Gasteiger partial charge in [0.2, 0.25) is 5.91 Å². The van der Waals surface area contributed by atoms with E-state index in [1.165, 1.54) is 21.7 Å². The molecular formula is C22H20N2OS. The summed E-state index contributed by atoms with van der Waals surface area (Å²) in [5.74, 6) is 0.257. The first-order valence-electron chi connectivity index (χ1n) is 9.06. The van der Waals surface area contributed by atoms with Crippen LogP contribution in [-0.4, -0.2) is 27.2 Å². The van der Waals surface area contributed by atoms with E-state index in [-0.39, 0.29) is 17.2 Å². The van der Waals surface area contributed by atoms with Gasteiger partial charge in [0.15, 0.2) is 0 Å². The lowest BCUT2D eigenvalue weighted by molar-refractivity contribution is -0.133. The number of hydrogen-bond donors (Lipinski definition) is 0. The zero-order valence-electron chi connectivity index (χ0n) is 14.4. The second-order valence-corrected chi connectivity index (χ2v) is 8.13. The van der Waals surface area contributed by atoms with E-state index in [0.29, 0.717) is 0 Å². The molecule has 3 nitrogen and oxygen atoms in total. The maximum atomic E-state index is 13.5. The quantitative estimate of drug-likeness (QED) is 0.686. The molecule has 0 bridgehead atoms. The Kier molecular flexibility index (Phi) is 3.86. The molecule has 0 fully saturated rings. The summed E-state index contributed by atoms with van der Waals surface area (Å²) in [6.07, 6.45) is 2.95. The van der Waals surface area contributed by atoms with Crippen LogP contribution >= 0.6 is 11.8 Å². The zero-order chi connectivity index (χ0) is 17.5. The van der Waals surface area contributed by atoms with E-state index in [1.54, 1.807) is 11.8 Å². The van der Waals surface area contributed by atoms with Crippen molar-refractivity contribution in [3.8, 4) is 0 Å². The minimum atomic E-state index is -0.0138. The normalized spacial score (nSPS) is 21.3. The Labute approximate surface area is 157 Å². The number of thioether (sulfide) groups is 1. The molecule has 0 saturated heterocycles. The monoisotopic (exact) mass is 360 g/mol. The maximum Gasteiger partial charge on any atom is 0.237 e. The van der Waals surface area contributed by atoms with Gasteiger partial charge in [-0.3, -0.25) is 4.79 Å². The molecule has 0 spiro atoms. The molecule has 0 N–H and O–H groups in total. The molecule has 1 aromatic heterocycles. The van der Waals surface area contributed by atoms with Gasteiger partial charge in [-0.15, -0.1) is 11.8 Å². The Hall–Kier alpha value is -2.46. The van der Waals surface area contributed by atoms with Gasteiger partial charge >= 0.3 is 0 Å². The lowest BCUT2D eigenvalue weighted by atomic mass is 9.99. The van der Waals surface area contributed by atoms with Crippen LogP contribution < -0.4 is 0 Å². The van der Waals surface area contributed by atoms with Crippen LogP contribution in [0.4, 0.5) is 0 Å². The number of hydrogen-bond acceptors (Lipinski definition) is 2. The lowest BCUT2D eigenvalue weighted by Gasteiger charge is -2.38. The topological polar surface area (TPSA) is 25.2 Å². The van der Waals surface area contributed by atoms with Gasteiger partial charge in [0.1, 0.15) is 0 Å². The minimum absolute atomic E-state index is 0.00300. The standard InChI is InChI=1S/C22H20N2OS/c25-22(20-15-17-9-4-5-11-19(17)26-20)24-14-13-23-12-6-10-18(23)21(24)16-7-2-1-3-8-16/h1-12,20-21H,13-15H2. The molecule has 0 aliphatic carbocycles. The van der Waals surface area contributed by atoms with Crippen molar-refractivity contribution in [1.29, 1.82) is 0 Å². The highest BCUT2D eigenvalue weighted by molar-refractivity contribution is 8.01. The highest BCUT2D eigenvalue weighted by Gasteiger charge is 2.37. The maximum absolute atomic E-state index is 13.5. The summed E-state index contributed by atoms with van der Waals surface area (Å²) in [7, 11) is 0. The summed E-state index contributed by atoms with van der Waals surface area (Å²) >= 11 is 1.72. The van der Waals surface area contributed by atoms with Crippen LogP contribution in [0, 0.1) is 0 Å². The third kappa shape index (κ3) is 2.56. The summed E-state index contributed by atoms with van der Waals surface area (Å²) in [6, 6.07) is 23.0. The molecule has 0 saturated carbocycles. The van der Waals surface area contributed by atoms with E-state index in [9.17, 15) is 4.79 Å². The van der Waals surface area contributed by atoms with Crippen LogP contribution in [0.25, 0.3) is 0 Å². The number of nitrogens with zero attached hydrogens (tertiary/aromatic N) is 2. The van der Waals surface area contributed by atoms with Crippen molar-refractivity contribution in [2.45, 2.75) is 29.2 Å². The molecule has 3 heterocycles. The van der Waals surface area contributed by atoms with Crippen molar-refractivity contribution < 1.29 is 4.79 Å². The van der Waals surface area contributed by atoms with Gasteiger partial charge in [0.25, 0.3) is 0 Å². The third-order valence-corrected chi connectivity index (χ3v) is 6.66. The molecule has 2 aliphatic heterocycles. The van der Waals surface area contributed by atoms with E-state index in [2.05, 4.69) is 76.3 Å². The molecule has 4 heteroatoms. The molecule has 2 unspecified atom stereocenters. The number of rotatable bonds is 2. The Morgan fingerprint density at radius 2 is 1.73 bits per heavy atom. The fourth-order valence-corrected chi connectivity index (χ4v) is 5.38. The van der Waals surface area contributed by atoms with E-state index in [0.717, 1.165) is 19.5 Å². The molecule has 3 aromatic rings. The predicted octanol–water partition coefficient (Wildman–Crippen LogP) is 4.14. The summed E-state index contributed by atoms with van der Waals surface area (Å²) < 4.78 is 2.28. The summed E-state index contributed by atoms with van der Waals surface area (Å²) in [5, 5.41) is -0.0138. The average molecular weight is 360 g/mol. The van der Waals surface area contributed by atoms with Crippen molar-refractivity contribution >= 4 is 17.7 Å². The number of carbonyl (C=O) groups excluding carboxylic acids is 1. The van der Waals surface area contributed by atoms with Crippen molar-refractivity contribution in [3.63, 3.8) is 0 Å². The SMILES string of the molecule is O=C(C1Cc2ccccc2S1)N1CCn2cccc2C1c1ccccc1. The van der Waals surface area contributed by atoms with Crippen molar-refractivity contribution in [2.75, 3.05) is 6.54 Å². The smallest absolute Gasteiger partial charge is 0.237 e. The Balaban J connectivity index is 1.49. The molecule has 2 atom stereocenters. The van der Waals surface area contributed by atoms with Crippen LogP contribution in [0.15, 0.2) is 77.8 Å². The molecular weight excluding hydrogens is 340 g/mol. The van der Waals surface area contributed by atoms with Crippen molar-refractivity contribution in [3.05, 3.63) is 89.7 Å². The van der Waals surface area contributed by atoms with Crippen LogP contribution in [0.3, 0.4) is 0 Å². The number of amides is 1. The minimum Gasteiger partial charge on any atom is -0.348 e. The second-order valence-electron chi connectivity index (χ2n) is 6.89. The zero-order valence-corrected chi connectivity index (χ0v) is 15.2. The number of fused-ring (bicyclic) bond motifs is 2. The molecule has 2 aliphatic rings. The Morgan fingerprint density at radius 3 is 2.58 bits per heavy atom. The van der Waals surface area contributed by atoms with Crippen LogP contribution in [0.2, 0.25) is 0 Å². The Bertz CT molecular complexity index is 925. The van der Waals surface area contributed by atoms with E-state index in [1.807, 2.05) is 6.07 Å². The van der Waals surface area contributed by atoms with Gasteiger partial charge in [-0.2, -0.15) is 0 Å². The second kappa shape index (κ2) is 6.36.